The maximum Gasteiger partial charge on any atom is 0.248 e. The molecule has 11 heteroatoms. The van der Waals surface area contributed by atoms with Crippen molar-refractivity contribution in [3.63, 3.8) is 0 Å². The Morgan fingerprint density at radius 1 is 1.04 bits per heavy atom. The maximum absolute atomic E-state index is 15.1. The molecule has 272 valence electrons. The number of amides is 2. The third-order valence-corrected chi connectivity index (χ3v) is 10.7. The molecule has 3 aromatic rings. The number of morpholine rings is 1. The van der Waals surface area contributed by atoms with Crippen LogP contribution >= 0.6 is 0 Å². The zero-order chi connectivity index (χ0) is 35.9. The summed E-state index contributed by atoms with van der Waals surface area (Å²) in [5.41, 5.74) is 5.57. The van der Waals surface area contributed by atoms with Crippen LogP contribution in [0.15, 0.2) is 55.0 Å². The van der Waals surface area contributed by atoms with Crippen LogP contribution in [0.3, 0.4) is 0 Å². The summed E-state index contributed by atoms with van der Waals surface area (Å²) in [5, 5.41) is 27.2. The van der Waals surface area contributed by atoms with Crippen LogP contribution in [-0.2, 0) is 25.5 Å². The number of rotatable bonds is 14. The summed E-state index contributed by atoms with van der Waals surface area (Å²) in [6.07, 6.45) is 6.57. The SMILES string of the molecule is CC(C)(C)C(O)CC(O)[C@H](CC1CCCCC1)NC(=O)[C@@](N)(Cc1cnc[nH]1)C(=O)C(CC(=O)N1CCOCC1)c1cccc2ccccc12. The Labute approximate surface area is 295 Å². The number of ketones is 1. The highest BCUT2D eigenvalue weighted by Crippen LogP contribution is 2.34. The van der Waals surface area contributed by atoms with E-state index in [9.17, 15) is 19.8 Å². The van der Waals surface area contributed by atoms with Crippen LogP contribution < -0.4 is 11.1 Å². The third-order valence-electron chi connectivity index (χ3n) is 10.7. The predicted octanol–water partition coefficient (Wildman–Crippen LogP) is 4.02. The van der Waals surface area contributed by atoms with E-state index in [4.69, 9.17) is 10.5 Å². The Morgan fingerprint density at radius 3 is 2.42 bits per heavy atom. The second kappa shape index (κ2) is 16.6. The number of H-pyrrole nitrogens is 1. The highest BCUT2D eigenvalue weighted by molar-refractivity contribution is 6.14. The van der Waals surface area contributed by atoms with E-state index in [1.165, 1.54) is 12.5 Å². The predicted molar refractivity (Wildman–Crippen MR) is 192 cm³/mol. The van der Waals surface area contributed by atoms with E-state index in [1.54, 1.807) is 4.90 Å². The monoisotopic (exact) mass is 689 g/mol. The van der Waals surface area contributed by atoms with Crippen LogP contribution in [-0.4, -0.2) is 92.8 Å². The number of fused-ring (bicyclic) bond motifs is 1. The number of Topliss-reactive ketones (excluding diaryl/α,β-unsaturated/α-hetero) is 1. The quantitative estimate of drug-likeness (QED) is 0.158. The number of ether oxygens (including phenoxy) is 1. The molecular weight excluding hydrogens is 634 g/mol. The zero-order valence-electron chi connectivity index (χ0n) is 29.8. The molecule has 1 aliphatic heterocycles. The fourth-order valence-corrected chi connectivity index (χ4v) is 7.42. The summed E-state index contributed by atoms with van der Waals surface area (Å²) in [4.78, 5) is 52.4. The van der Waals surface area contributed by atoms with E-state index >= 15 is 4.79 Å². The second-order valence-corrected chi connectivity index (χ2v) is 15.4. The molecule has 1 saturated carbocycles. The van der Waals surface area contributed by atoms with Crippen molar-refractivity contribution in [2.24, 2.45) is 17.1 Å². The minimum absolute atomic E-state index is 0.0555. The number of nitrogens with two attached hydrogens (primary N) is 1. The molecule has 2 heterocycles. The number of hydrogen-bond acceptors (Lipinski definition) is 8. The van der Waals surface area contributed by atoms with Crippen molar-refractivity contribution < 1.29 is 29.3 Å². The van der Waals surface area contributed by atoms with E-state index < -0.39 is 46.8 Å². The highest BCUT2D eigenvalue weighted by Gasteiger charge is 2.48. The molecule has 11 nitrogen and oxygen atoms in total. The summed E-state index contributed by atoms with van der Waals surface area (Å²) >= 11 is 0. The van der Waals surface area contributed by atoms with Gasteiger partial charge >= 0.3 is 0 Å². The second-order valence-electron chi connectivity index (χ2n) is 15.4. The topological polar surface area (TPSA) is 171 Å². The van der Waals surface area contributed by atoms with E-state index in [-0.39, 0.29) is 31.1 Å². The first-order chi connectivity index (χ1) is 23.9. The van der Waals surface area contributed by atoms with Gasteiger partial charge in [0, 0.05) is 44.2 Å². The third kappa shape index (κ3) is 9.17. The lowest BCUT2D eigenvalue weighted by molar-refractivity contribution is -0.142. The largest absolute Gasteiger partial charge is 0.392 e. The van der Waals surface area contributed by atoms with Crippen molar-refractivity contribution in [3.8, 4) is 0 Å². The summed E-state index contributed by atoms with van der Waals surface area (Å²) in [5.74, 6) is -2.31. The minimum Gasteiger partial charge on any atom is -0.392 e. The molecule has 0 bridgehead atoms. The number of imidazole rings is 1. The molecule has 0 spiro atoms. The standard InChI is InChI=1S/C39H55N5O6/c1-38(2,3)34(46)22-33(45)32(20-26-10-5-4-6-11-26)43-37(49)39(40,23-28-24-41-25-42-28)36(48)31(21-35(47)44-16-18-50-19-17-44)30-15-9-13-27-12-7-8-14-29(27)30/h7-9,12-15,24-26,31-34,45-46H,4-6,10-11,16-23,40H2,1-3H3,(H,41,42)(H,43,49)/t31?,32-,33?,34?,39+/m0/s1. The van der Waals surface area contributed by atoms with Gasteiger partial charge in [-0.05, 0) is 34.1 Å². The van der Waals surface area contributed by atoms with Crippen molar-refractivity contribution in [1.82, 2.24) is 20.2 Å². The lowest BCUT2D eigenvalue weighted by atomic mass is 9.76. The molecule has 50 heavy (non-hydrogen) atoms. The average molecular weight is 690 g/mol. The van der Waals surface area contributed by atoms with Gasteiger partial charge in [-0.3, -0.25) is 14.4 Å². The van der Waals surface area contributed by atoms with Gasteiger partial charge in [0.05, 0.1) is 43.7 Å². The Balaban J connectivity index is 1.52. The van der Waals surface area contributed by atoms with Crippen molar-refractivity contribution in [2.45, 2.75) is 108 Å². The molecule has 2 aliphatic rings. The molecule has 5 rings (SSSR count). The van der Waals surface area contributed by atoms with Crippen LogP contribution in [0.2, 0.25) is 0 Å². The summed E-state index contributed by atoms with van der Waals surface area (Å²) < 4.78 is 5.46. The lowest BCUT2D eigenvalue weighted by Crippen LogP contribution is -2.65. The number of aromatic nitrogens is 2. The van der Waals surface area contributed by atoms with Crippen LogP contribution in [0.1, 0.15) is 89.3 Å². The minimum atomic E-state index is -2.13. The van der Waals surface area contributed by atoms with Gasteiger partial charge in [-0.1, -0.05) is 95.3 Å². The zero-order valence-corrected chi connectivity index (χ0v) is 29.8. The fraction of sp³-hybridized carbons (Fsp3) is 0.590. The van der Waals surface area contributed by atoms with Crippen LogP contribution in [0, 0.1) is 11.3 Å². The summed E-state index contributed by atoms with van der Waals surface area (Å²) in [6, 6.07) is 12.5. The molecule has 5 atom stereocenters. The fourth-order valence-electron chi connectivity index (χ4n) is 7.42. The first kappa shape index (κ1) is 37.6. The Morgan fingerprint density at radius 2 is 1.74 bits per heavy atom. The first-order valence-electron chi connectivity index (χ1n) is 18.2. The van der Waals surface area contributed by atoms with Crippen molar-refractivity contribution in [2.75, 3.05) is 26.3 Å². The summed E-state index contributed by atoms with van der Waals surface area (Å²) in [7, 11) is 0. The maximum atomic E-state index is 15.1. The van der Waals surface area contributed by atoms with Gasteiger partial charge in [0.15, 0.2) is 11.3 Å². The van der Waals surface area contributed by atoms with E-state index in [0.29, 0.717) is 44.0 Å². The Kier molecular flexibility index (Phi) is 12.5. The number of nitrogens with zero attached hydrogens (tertiary/aromatic N) is 2. The molecule has 6 N–H and O–H groups in total. The van der Waals surface area contributed by atoms with Gasteiger partial charge in [-0.2, -0.15) is 0 Å². The van der Waals surface area contributed by atoms with Gasteiger partial charge in [0.1, 0.15) is 0 Å². The van der Waals surface area contributed by atoms with Crippen molar-refractivity contribution in [3.05, 3.63) is 66.2 Å². The van der Waals surface area contributed by atoms with Gasteiger partial charge in [0.25, 0.3) is 0 Å². The molecule has 0 radical (unpaired) electrons. The number of aromatic amines is 1. The number of nitrogens with one attached hydrogen (secondary N) is 2. The molecule has 2 fully saturated rings. The highest BCUT2D eigenvalue weighted by atomic mass is 16.5. The number of aliphatic hydroxyl groups is 2. The molecular formula is C39H55N5O6. The number of carbonyl (C=O) groups is 3. The molecule has 1 aromatic heterocycles. The molecule has 2 aromatic carbocycles. The van der Waals surface area contributed by atoms with E-state index in [1.807, 2.05) is 63.2 Å². The van der Waals surface area contributed by atoms with Gasteiger partial charge < -0.3 is 35.9 Å². The number of carbonyl (C=O) groups excluding carboxylic acids is 3. The molecule has 1 saturated heterocycles. The molecule has 2 amide bonds. The van der Waals surface area contributed by atoms with E-state index in [2.05, 4.69) is 15.3 Å². The van der Waals surface area contributed by atoms with E-state index in [0.717, 1.165) is 42.9 Å². The van der Waals surface area contributed by atoms with Gasteiger partial charge in [-0.15, -0.1) is 0 Å². The lowest BCUT2D eigenvalue weighted by Gasteiger charge is -2.37. The van der Waals surface area contributed by atoms with Crippen LogP contribution in [0.4, 0.5) is 0 Å². The van der Waals surface area contributed by atoms with Gasteiger partial charge in [0.2, 0.25) is 11.8 Å². The number of hydrogen-bond donors (Lipinski definition) is 5. The summed E-state index contributed by atoms with van der Waals surface area (Å²) in [6.45, 7) is 7.36. The first-order valence-corrected chi connectivity index (χ1v) is 18.2. The van der Waals surface area contributed by atoms with Crippen LogP contribution in [0.5, 0.6) is 0 Å². The number of benzene rings is 2. The smallest absolute Gasteiger partial charge is 0.248 e. The molecule has 1 aliphatic carbocycles. The number of aliphatic hydroxyl groups excluding tert-OH is 2. The average Bonchev–Trinajstić information content (AvgIpc) is 3.62. The van der Waals surface area contributed by atoms with Crippen molar-refractivity contribution in [1.29, 1.82) is 0 Å². The Hall–Kier alpha value is -3.64. The molecule has 3 unspecified atom stereocenters. The normalized spacial score (nSPS) is 19.7. The van der Waals surface area contributed by atoms with Crippen molar-refractivity contribution >= 4 is 28.4 Å². The Bertz CT molecular complexity index is 1570. The van der Waals surface area contributed by atoms with Gasteiger partial charge in [-0.25, -0.2) is 4.98 Å². The van der Waals surface area contributed by atoms with Crippen LogP contribution in [0.25, 0.3) is 10.8 Å².